The molecule has 2 amide bonds. The van der Waals surface area contributed by atoms with Gasteiger partial charge in [-0.25, -0.2) is 4.98 Å². The van der Waals surface area contributed by atoms with Crippen molar-refractivity contribution in [3.8, 4) is 11.3 Å². The lowest BCUT2D eigenvalue weighted by Gasteiger charge is -2.20. The molecule has 2 heterocycles. The minimum Gasteiger partial charge on any atom is -0.348 e. The summed E-state index contributed by atoms with van der Waals surface area (Å²) in [5.41, 5.74) is 4.28. The van der Waals surface area contributed by atoms with Crippen LogP contribution in [0.1, 0.15) is 57.0 Å². The fourth-order valence-corrected chi connectivity index (χ4v) is 3.96. The van der Waals surface area contributed by atoms with Crippen LogP contribution in [-0.4, -0.2) is 34.1 Å². The number of nitrogens with one attached hydrogen (secondary N) is 2. The largest absolute Gasteiger partial charge is 0.348 e. The Kier molecular flexibility index (Phi) is 9.13. The molecule has 188 valence electrons. The molecule has 7 nitrogen and oxygen atoms in total. The van der Waals surface area contributed by atoms with Crippen LogP contribution in [0.4, 0.5) is 5.13 Å². The van der Waals surface area contributed by atoms with E-state index in [1.807, 2.05) is 53.4 Å². The van der Waals surface area contributed by atoms with Gasteiger partial charge in [-0.2, -0.15) is 0 Å². The number of benzene rings is 1. The zero-order chi connectivity index (χ0) is 26.1. The summed E-state index contributed by atoms with van der Waals surface area (Å²) in [7, 11) is 0. The van der Waals surface area contributed by atoms with E-state index in [9.17, 15) is 9.59 Å². The molecule has 8 heteroatoms. The number of thiazole rings is 1. The second-order valence-electron chi connectivity index (χ2n) is 9.27. The van der Waals surface area contributed by atoms with Gasteiger partial charge in [0.05, 0.1) is 17.8 Å². The highest BCUT2D eigenvalue weighted by molar-refractivity contribution is 7.14. The molecule has 2 aromatic heterocycles. The van der Waals surface area contributed by atoms with Crippen LogP contribution in [-0.2, 0) is 10.3 Å². The van der Waals surface area contributed by atoms with Gasteiger partial charge in [0.15, 0.2) is 5.13 Å². The van der Waals surface area contributed by atoms with Gasteiger partial charge < -0.3 is 15.2 Å². The number of carbonyl (C=O) groups excluding carboxylic acids is 2. The highest BCUT2D eigenvalue weighted by Gasteiger charge is 2.16. The van der Waals surface area contributed by atoms with Crippen LogP contribution in [0.2, 0.25) is 0 Å². The third-order valence-corrected chi connectivity index (χ3v) is 6.10. The van der Waals surface area contributed by atoms with Gasteiger partial charge >= 0.3 is 0 Å². The Morgan fingerprint density at radius 1 is 1.19 bits per heavy atom. The van der Waals surface area contributed by atoms with Gasteiger partial charge in [0.1, 0.15) is 0 Å². The Labute approximate surface area is 216 Å². The molecule has 0 aliphatic rings. The fraction of sp³-hybridized carbons (Fsp3) is 0.286. The minimum atomic E-state index is -0.330. The molecule has 1 aromatic carbocycles. The van der Waals surface area contributed by atoms with E-state index in [-0.39, 0.29) is 23.9 Å². The maximum Gasteiger partial charge on any atom is 0.253 e. The number of aromatic nitrogens is 2. The van der Waals surface area contributed by atoms with Crippen LogP contribution in [0.15, 0.2) is 71.4 Å². The van der Waals surface area contributed by atoms with Crippen LogP contribution in [0.3, 0.4) is 0 Å². The SMILES string of the molecule is CC/C=C/N=C/C=C(\C)c1cccc(-c2csc(NC(=O)CNC(=O)c3ccn(C(C)(C)C)c3)n2)c1. The Bertz CT molecular complexity index is 1290. The van der Waals surface area contributed by atoms with Gasteiger partial charge in [0, 0.05) is 41.3 Å². The van der Waals surface area contributed by atoms with Crippen LogP contribution in [0.5, 0.6) is 0 Å². The van der Waals surface area contributed by atoms with Crippen LogP contribution < -0.4 is 10.6 Å². The molecule has 0 spiro atoms. The Hall–Kier alpha value is -3.78. The second kappa shape index (κ2) is 12.3. The molecule has 0 bridgehead atoms. The molecular formula is C28H33N5O2S. The summed E-state index contributed by atoms with van der Waals surface area (Å²) in [4.78, 5) is 33.6. The van der Waals surface area contributed by atoms with Gasteiger partial charge in [0.25, 0.3) is 5.91 Å². The van der Waals surface area contributed by atoms with E-state index in [1.54, 1.807) is 24.7 Å². The smallest absolute Gasteiger partial charge is 0.253 e. The average molecular weight is 504 g/mol. The molecule has 0 fully saturated rings. The summed E-state index contributed by atoms with van der Waals surface area (Å²) < 4.78 is 1.96. The van der Waals surface area contributed by atoms with Crippen molar-refractivity contribution in [1.29, 1.82) is 0 Å². The minimum absolute atomic E-state index is 0.118. The number of amides is 2. The van der Waals surface area contributed by atoms with Gasteiger partial charge in [-0.15, -0.1) is 11.3 Å². The molecule has 0 atom stereocenters. The zero-order valence-electron chi connectivity index (χ0n) is 21.4. The maximum atomic E-state index is 12.4. The molecule has 0 saturated heterocycles. The lowest BCUT2D eigenvalue weighted by atomic mass is 10.0. The van der Waals surface area contributed by atoms with E-state index in [0.29, 0.717) is 10.7 Å². The van der Waals surface area contributed by atoms with Crippen LogP contribution >= 0.6 is 11.3 Å². The molecule has 0 radical (unpaired) electrons. The third kappa shape index (κ3) is 7.61. The van der Waals surface area contributed by atoms with Gasteiger partial charge in [-0.1, -0.05) is 31.2 Å². The summed E-state index contributed by atoms with van der Waals surface area (Å²) in [5.74, 6) is -0.622. The fourth-order valence-electron chi connectivity index (χ4n) is 3.23. The number of hydrogen-bond donors (Lipinski definition) is 2. The molecule has 0 unspecified atom stereocenters. The van der Waals surface area contributed by atoms with Crippen molar-refractivity contribution >= 4 is 40.1 Å². The molecule has 2 N–H and O–H groups in total. The summed E-state index contributed by atoms with van der Waals surface area (Å²) in [6.45, 7) is 10.1. The molecule has 0 aliphatic heterocycles. The van der Waals surface area contributed by atoms with Gasteiger partial charge in [-0.3, -0.25) is 14.6 Å². The monoisotopic (exact) mass is 503 g/mol. The van der Waals surface area contributed by atoms with Gasteiger partial charge in [-0.05, 0) is 63.5 Å². The Morgan fingerprint density at radius 3 is 2.72 bits per heavy atom. The average Bonchev–Trinajstić information content (AvgIpc) is 3.53. The Morgan fingerprint density at radius 2 is 2.00 bits per heavy atom. The zero-order valence-corrected chi connectivity index (χ0v) is 22.2. The summed E-state index contributed by atoms with van der Waals surface area (Å²) >= 11 is 1.34. The van der Waals surface area contributed by atoms with E-state index in [0.717, 1.165) is 28.8 Å². The first-order chi connectivity index (χ1) is 17.2. The standard InChI is InChI=1S/C28H33N5O2S/c1-6-7-13-29-14-11-20(2)21-9-8-10-22(16-21)24-19-36-27(31-24)32-25(34)17-30-26(35)23-12-15-33(18-23)28(3,4)5/h7-16,18-19H,6,17H2,1-5H3,(H,30,35)(H,31,32,34)/b13-7+,20-11+,29-14+. The number of allylic oxidation sites excluding steroid dienone is 3. The highest BCUT2D eigenvalue weighted by atomic mass is 32.1. The van der Waals surface area contributed by atoms with Crippen molar-refractivity contribution in [3.63, 3.8) is 0 Å². The summed E-state index contributed by atoms with van der Waals surface area (Å²) in [5, 5.41) is 7.81. The van der Waals surface area contributed by atoms with E-state index >= 15 is 0 Å². The molecular weight excluding hydrogens is 470 g/mol. The van der Waals surface area contributed by atoms with Gasteiger partial charge in [0.2, 0.25) is 5.91 Å². The first-order valence-electron chi connectivity index (χ1n) is 11.9. The van der Waals surface area contributed by atoms with E-state index in [1.165, 1.54) is 11.3 Å². The molecule has 0 saturated carbocycles. The summed E-state index contributed by atoms with van der Waals surface area (Å²) in [6, 6.07) is 9.81. The topological polar surface area (TPSA) is 88.4 Å². The number of nitrogens with zero attached hydrogens (tertiary/aromatic N) is 3. The van der Waals surface area contributed by atoms with Crippen LogP contribution in [0, 0.1) is 0 Å². The first-order valence-corrected chi connectivity index (χ1v) is 12.7. The molecule has 3 rings (SSSR count). The number of hydrogen-bond acceptors (Lipinski definition) is 5. The molecule has 3 aromatic rings. The summed E-state index contributed by atoms with van der Waals surface area (Å²) in [6.07, 6.45) is 12.1. The van der Waals surface area contributed by atoms with Crippen LogP contribution in [0.25, 0.3) is 16.8 Å². The molecule has 0 aliphatic carbocycles. The normalized spacial score (nSPS) is 12.4. The molecule has 36 heavy (non-hydrogen) atoms. The van der Waals surface area contributed by atoms with Crippen molar-refractivity contribution in [2.45, 2.75) is 46.6 Å². The van der Waals surface area contributed by atoms with Crippen molar-refractivity contribution in [2.75, 3.05) is 11.9 Å². The number of anilines is 1. The van der Waals surface area contributed by atoms with Crippen molar-refractivity contribution < 1.29 is 9.59 Å². The lowest BCUT2D eigenvalue weighted by molar-refractivity contribution is -0.115. The van der Waals surface area contributed by atoms with E-state index in [4.69, 9.17) is 0 Å². The van der Waals surface area contributed by atoms with Crippen molar-refractivity contribution in [1.82, 2.24) is 14.9 Å². The Balaban J connectivity index is 1.58. The number of aliphatic imine (C=N–C) groups is 1. The number of rotatable bonds is 9. The predicted molar refractivity (Wildman–Crippen MR) is 150 cm³/mol. The maximum absolute atomic E-state index is 12.4. The van der Waals surface area contributed by atoms with Crippen molar-refractivity contribution in [3.05, 3.63) is 77.6 Å². The third-order valence-electron chi connectivity index (χ3n) is 5.34. The van der Waals surface area contributed by atoms with E-state index < -0.39 is 0 Å². The lowest BCUT2D eigenvalue weighted by Crippen LogP contribution is -2.32. The first kappa shape index (κ1) is 26.8. The quantitative estimate of drug-likeness (QED) is 0.344. The van der Waals surface area contributed by atoms with Crippen molar-refractivity contribution in [2.24, 2.45) is 4.99 Å². The van der Waals surface area contributed by atoms with E-state index in [2.05, 4.69) is 54.4 Å². The predicted octanol–water partition coefficient (Wildman–Crippen LogP) is 6.13. The number of carbonyl (C=O) groups is 2. The highest BCUT2D eigenvalue weighted by Crippen LogP contribution is 2.27. The second-order valence-corrected chi connectivity index (χ2v) is 10.1.